The van der Waals surface area contributed by atoms with E-state index in [4.69, 9.17) is 5.73 Å². The predicted octanol–water partition coefficient (Wildman–Crippen LogP) is 1.24. The van der Waals surface area contributed by atoms with Crippen LogP contribution < -0.4 is 5.73 Å². The van der Waals surface area contributed by atoms with Crippen molar-refractivity contribution < 1.29 is 4.79 Å². The zero-order valence-corrected chi connectivity index (χ0v) is 11.6. The van der Waals surface area contributed by atoms with Crippen LogP contribution in [0.4, 0.5) is 0 Å². The minimum Gasteiger partial charge on any atom is -0.345 e. The van der Waals surface area contributed by atoms with Crippen LogP contribution in [0.2, 0.25) is 0 Å². The second-order valence-electron chi connectivity index (χ2n) is 5.14. The Morgan fingerprint density at radius 2 is 2.00 bits per heavy atom. The molecule has 0 radical (unpaired) electrons. The summed E-state index contributed by atoms with van der Waals surface area (Å²) in [5.74, 6) is 0.204. The molecule has 1 aromatic carbocycles. The summed E-state index contributed by atoms with van der Waals surface area (Å²) < 4.78 is 0. The number of amides is 1. The lowest BCUT2D eigenvalue weighted by Gasteiger charge is -2.30. The topological polar surface area (TPSA) is 49.6 Å². The van der Waals surface area contributed by atoms with Gasteiger partial charge in [-0.3, -0.25) is 9.69 Å². The highest BCUT2D eigenvalue weighted by molar-refractivity contribution is 5.78. The number of carbonyl (C=O) groups is 1. The maximum absolute atomic E-state index is 12.0. The lowest BCUT2D eigenvalue weighted by Crippen LogP contribution is -2.37. The number of benzene rings is 1. The van der Waals surface area contributed by atoms with Crippen LogP contribution in [0.5, 0.6) is 0 Å². The summed E-state index contributed by atoms with van der Waals surface area (Å²) in [4.78, 5) is 16.1. The summed E-state index contributed by atoms with van der Waals surface area (Å²) >= 11 is 0. The van der Waals surface area contributed by atoms with E-state index < -0.39 is 0 Å². The molecule has 1 aromatic rings. The van der Waals surface area contributed by atoms with Gasteiger partial charge >= 0.3 is 0 Å². The van der Waals surface area contributed by atoms with Crippen molar-refractivity contribution in [2.45, 2.75) is 18.9 Å². The van der Waals surface area contributed by atoms with Gasteiger partial charge in [-0.1, -0.05) is 30.3 Å². The van der Waals surface area contributed by atoms with E-state index in [0.717, 1.165) is 25.9 Å². The first kappa shape index (κ1) is 14.0. The number of rotatable bonds is 4. The minimum absolute atomic E-state index is 0.204. The molecule has 0 spiro atoms. The molecule has 1 atom stereocenters. The Hall–Kier alpha value is -1.39. The fourth-order valence-electron chi connectivity index (χ4n) is 2.67. The lowest BCUT2D eigenvalue weighted by molar-refractivity contribution is -0.130. The first-order valence-corrected chi connectivity index (χ1v) is 6.95. The molecule has 1 aliphatic heterocycles. The van der Waals surface area contributed by atoms with Gasteiger partial charge in [-0.2, -0.15) is 0 Å². The van der Waals surface area contributed by atoms with Crippen molar-refractivity contribution in [3.05, 3.63) is 35.9 Å². The highest BCUT2D eigenvalue weighted by Crippen LogP contribution is 2.25. The van der Waals surface area contributed by atoms with E-state index in [0.29, 0.717) is 13.1 Å². The van der Waals surface area contributed by atoms with Crippen LogP contribution in [0, 0.1) is 0 Å². The van der Waals surface area contributed by atoms with Crippen LogP contribution in [-0.2, 0) is 4.79 Å². The molecule has 0 aromatic heterocycles. The zero-order chi connectivity index (χ0) is 13.7. The SMILES string of the molecule is CN1CCCN(C(CCN)c2ccccc2)CC1=O. The molecule has 1 amide bonds. The third kappa shape index (κ3) is 3.55. The Bertz CT molecular complexity index is 407. The van der Waals surface area contributed by atoms with Crippen LogP contribution in [0.15, 0.2) is 30.3 Å². The van der Waals surface area contributed by atoms with Crippen LogP contribution in [0.25, 0.3) is 0 Å². The van der Waals surface area contributed by atoms with Gasteiger partial charge in [0, 0.05) is 26.2 Å². The molecule has 1 saturated heterocycles. The average Bonchev–Trinajstić information content (AvgIpc) is 2.59. The molecule has 1 fully saturated rings. The predicted molar refractivity (Wildman–Crippen MR) is 76.7 cm³/mol. The van der Waals surface area contributed by atoms with Gasteiger partial charge in [0.25, 0.3) is 0 Å². The summed E-state index contributed by atoms with van der Waals surface area (Å²) in [6.45, 7) is 2.94. The van der Waals surface area contributed by atoms with Crippen LogP contribution in [0.3, 0.4) is 0 Å². The molecule has 4 nitrogen and oxygen atoms in total. The Morgan fingerprint density at radius 1 is 1.26 bits per heavy atom. The minimum atomic E-state index is 0.204. The summed E-state index contributed by atoms with van der Waals surface area (Å²) in [5.41, 5.74) is 7.01. The van der Waals surface area contributed by atoms with Crippen molar-refractivity contribution in [2.24, 2.45) is 5.73 Å². The zero-order valence-electron chi connectivity index (χ0n) is 11.6. The highest BCUT2D eigenvalue weighted by Gasteiger charge is 2.25. The third-order valence-electron chi connectivity index (χ3n) is 3.77. The van der Waals surface area contributed by atoms with Crippen molar-refractivity contribution >= 4 is 5.91 Å². The molecule has 1 heterocycles. The Balaban J connectivity index is 2.16. The quantitative estimate of drug-likeness (QED) is 0.887. The number of likely N-dealkylation sites (N-methyl/N-ethyl adjacent to an activating group) is 1. The molecule has 104 valence electrons. The van der Waals surface area contributed by atoms with E-state index in [9.17, 15) is 4.79 Å². The van der Waals surface area contributed by atoms with Crippen molar-refractivity contribution in [3.63, 3.8) is 0 Å². The van der Waals surface area contributed by atoms with Gasteiger partial charge in [0.05, 0.1) is 6.54 Å². The Morgan fingerprint density at radius 3 is 2.68 bits per heavy atom. The number of hydrogen-bond acceptors (Lipinski definition) is 3. The van der Waals surface area contributed by atoms with Crippen LogP contribution in [-0.4, -0.2) is 48.9 Å². The molecule has 0 bridgehead atoms. The second-order valence-corrected chi connectivity index (χ2v) is 5.14. The molecule has 19 heavy (non-hydrogen) atoms. The third-order valence-corrected chi connectivity index (χ3v) is 3.77. The largest absolute Gasteiger partial charge is 0.345 e. The Labute approximate surface area is 115 Å². The fourth-order valence-corrected chi connectivity index (χ4v) is 2.67. The van der Waals surface area contributed by atoms with E-state index >= 15 is 0 Å². The molecule has 1 aliphatic rings. The summed E-state index contributed by atoms with van der Waals surface area (Å²) in [5, 5.41) is 0. The smallest absolute Gasteiger partial charge is 0.236 e. The second kappa shape index (κ2) is 6.68. The fraction of sp³-hybridized carbons (Fsp3) is 0.533. The van der Waals surface area contributed by atoms with Gasteiger partial charge in [-0.25, -0.2) is 0 Å². The molecule has 0 saturated carbocycles. The van der Waals surface area contributed by atoms with E-state index in [2.05, 4.69) is 17.0 Å². The summed E-state index contributed by atoms with van der Waals surface area (Å²) in [6, 6.07) is 10.6. The van der Waals surface area contributed by atoms with E-state index in [-0.39, 0.29) is 11.9 Å². The normalized spacial score (nSPS) is 19.3. The van der Waals surface area contributed by atoms with Gasteiger partial charge in [-0.05, 0) is 24.9 Å². The van der Waals surface area contributed by atoms with Crippen molar-refractivity contribution in [1.82, 2.24) is 9.80 Å². The maximum Gasteiger partial charge on any atom is 0.236 e. The molecule has 2 N–H and O–H groups in total. The molecule has 2 rings (SSSR count). The first-order valence-electron chi connectivity index (χ1n) is 6.95. The molecule has 1 unspecified atom stereocenters. The van der Waals surface area contributed by atoms with Gasteiger partial charge in [-0.15, -0.1) is 0 Å². The number of carbonyl (C=O) groups excluding carboxylic acids is 1. The number of hydrogen-bond donors (Lipinski definition) is 1. The van der Waals surface area contributed by atoms with E-state index in [1.807, 2.05) is 30.1 Å². The molecular weight excluding hydrogens is 238 g/mol. The maximum atomic E-state index is 12.0. The van der Waals surface area contributed by atoms with Gasteiger partial charge in [0.2, 0.25) is 5.91 Å². The van der Waals surface area contributed by atoms with Crippen LogP contribution in [0.1, 0.15) is 24.4 Å². The van der Waals surface area contributed by atoms with Crippen LogP contribution >= 0.6 is 0 Å². The molecular formula is C15H23N3O. The van der Waals surface area contributed by atoms with Crippen molar-refractivity contribution in [1.29, 1.82) is 0 Å². The highest BCUT2D eigenvalue weighted by atomic mass is 16.2. The lowest BCUT2D eigenvalue weighted by atomic mass is 10.0. The monoisotopic (exact) mass is 261 g/mol. The van der Waals surface area contributed by atoms with Crippen molar-refractivity contribution in [2.75, 3.05) is 33.2 Å². The van der Waals surface area contributed by atoms with E-state index in [1.165, 1.54) is 5.56 Å². The summed E-state index contributed by atoms with van der Waals surface area (Å²) in [6.07, 6.45) is 1.91. The Kier molecular flexibility index (Phi) is 4.93. The number of nitrogens with two attached hydrogens (primary N) is 1. The van der Waals surface area contributed by atoms with E-state index in [1.54, 1.807) is 0 Å². The van der Waals surface area contributed by atoms with Crippen molar-refractivity contribution in [3.8, 4) is 0 Å². The first-order chi connectivity index (χ1) is 9.22. The van der Waals surface area contributed by atoms with Gasteiger partial charge in [0.1, 0.15) is 0 Å². The standard InChI is InChI=1S/C15H23N3O/c1-17-10-5-11-18(12-15(17)19)14(8-9-16)13-6-3-2-4-7-13/h2-4,6-7,14H,5,8-12,16H2,1H3. The average molecular weight is 261 g/mol. The molecule has 0 aliphatic carbocycles. The molecule has 4 heteroatoms. The van der Waals surface area contributed by atoms with Gasteiger partial charge < -0.3 is 10.6 Å². The summed E-state index contributed by atoms with van der Waals surface area (Å²) in [7, 11) is 1.88. The van der Waals surface area contributed by atoms with Gasteiger partial charge in [0.15, 0.2) is 0 Å². The number of nitrogens with zero attached hydrogens (tertiary/aromatic N) is 2.